The average Bonchev–Trinajstić information content (AvgIpc) is 3.59. The molecule has 0 aliphatic rings. The minimum Gasteiger partial charge on any atom is -0.444 e. The number of alkyl halides is 5. The van der Waals surface area contributed by atoms with E-state index >= 15 is 0 Å². The first-order valence-electron chi connectivity index (χ1n) is 12.5. The fourth-order valence-electron chi connectivity index (χ4n) is 3.66. The fourth-order valence-corrected chi connectivity index (χ4v) is 3.66. The highest BCUT2D eigenvalue weighted by Gasteiger charge is 2.36. The van der Waals surface area contributed by atoms with Crippen LogP contribution in [0.15, 0.2) is 59.5 Å². The van der Waals surface area contributed by atoms with E-state index in [2.05, 4.69) is 20.4 Å². The van der Waals surface area contributed by atoms with E-state index in [1.54, 1.807) is 24.3 Å². The summed E-state index contributed by atoms with van der Waals surface area (Å²) in [5, 5.41) is 15.3. The number of carbonyl (C=O) groups excluding carboxylic acids is 2. The van der Waals surface area contributed by atoms with Crippen molar-refractivity contribution in [1.82, 2.24) is 19.7 Å². The molecule has 228 valence electrons. The predicted octanol–water partition coefficient (Wildman–Crippen LogP) is 5.91. The Kier molecular flexibility index (Phi) is 8.80. The molecule has 0 aliphatic heterocycles. The lowest BCUT2D eigenvalue weighted by Crippen LogP contribution is -2.42. The van der Waals surface area contributed by atoms with E-state index in [1.807, 2.05) is 0 Å². The molecule has 4 rings (SSSR count). The number of aromatic nitrogens is 4. The van der Waals surface area contributed by atoms with Crippen LogP contribution < -0.4 is 10.2 Å². The summed E-state index contributed by atoms with van der Waals surface area (Å²) in [5.41, 5.74) is -1.40. The van der Waals surface area contributed by atoms with E-state index in [4.69, 9.17) is 9.15 Å². The van der Waals surface area contributed by atoms with Crippen LogP contribution >= 0.6 is 0 Å². The number of aliphatic hydroxyl groups is 1. The number of anilines is 2. The number of oxazole rings is 1. The summed E-state index contributed by atoms with van der Waals surface area (Å²) in [7, 11) is 0. The number of hydrogen-bond donors (Lipinski definition) is 2. The zero-order valence-corrected chi connectivity index (χ0v) is 22.9. The minimum atomic E-state index is -4.78. The third kappa shape index (κ3) is 7.91. The van der Waals surface area contributed by atoms with Gasteiger partial charge in [0.05, 0.1) is 24.2 Å². The number of halogens is 5. The topological polar surface area (TPSA) is 136 Å². The summed E-state index contributed by atoms with van der Waals surface area (Å²) >= 11 is 0. The second-order valence-corrected chi connectivity index (χ2v) is 10.1. The molecule has 0 saturated heterocycles. The number of pyridine rings is 1. The number of nitrogens with zero attached hydrogens (tertiary/aromatic N) is 5. The monoisotopic (exact) mass is 608 g/mol. The summed E-state index contributed by atoms with van der Waals surface area (Å²) in [4.78, 5) is 33.6. The Morgan fingerprint density at radius 1 is 1.14 bits per heavy atom. The van der Waals surface area contributed by atoms with Gasteiger partial charge in [0.2, 0.25) is 5.89 Å². The highest BCUT2D eigenvalue weighted by atomic mass is 19.4. The highest BCUT2D eigenvalue weighted by molar-refractivity contribution is 6.03. The van der Waals surface area contributed by atoms with Crippen LogP contribution in [0.3, 0.4) is 0 Å². The normalized spacial score (nSPS) is 12.0. The van der Waals surface area contributed by atoms with Gasteiger partial charge in [-0.2, -0.15) is 18.3 Å². The summed E-state index contributed by atoms with van der Waals surface area (Å²) < 4.78 is 78.7. The number of carbonyl (C=O) groups is 2. The molecule has 0 atom stereocenters. The Morgan fingerprint density at radius 3 is 2.44 bits per heavy atom. The van der Waals surface area contributed by atoms with Crippen molar-refractivity contribution >= 4 is 23.5 Å². The van der Waals surface area contributed by atoms with E-state index in [-0.39, 0.29) is 29.4 Å². The number of benzene rings is 1. The van der Waals surface area contributed by atoms with E-state index in [0.717, 1.165) is 23.2 Å². The van der Waals surface area contributed by atoms with E-state index in [9.17, 15) is 36.6 Å². The van der Waals surface area contributed by atoms with Gasteiger partial charge >= 0.3 is 12.3 Å². The molecule has 3 aromatic heterocycles. The Hall–Kier alpha value is -4.86. The van der Waals surface area contributed by atoms with E-state index in [0.29, 0.717) is 16.2 Å². The molecule has 0 radical (unpaired) electrons. The van der Waals surface area contributed by atoms with Crippen LogP contribution in [0.25, 0.3) is 17.1 Å². The van der Waals surface area contributed by atoms with Gasteiger partial charge in [-0.15, -0.1) is 0 Å². The molecule has 11 nitrogen and oxygen atoms in total. The Morgan fingerprint density at radius 2 is 1.84 bits per heavy atom. The van der Waals surface area contributed by atoms with Crippen molar-refractivity contribution in [3.8, 4) is 17.1 Å². The lowest BCUT2D eigenvalue weighted by atomic mass is 10.2. The van der Waals surface area contributed by atoms with Gasteiger partial charge in [0.15, 0.2) is 11.4 Å². The third-order valence-corrected chi connectivity index (χ3v) is 5.54. The number of ether oxygens (including phenoxy) is 1. The molecule has 16 heteroatoms. The molecule has 3 heterocycles. The molecule has 0 fully saturated rings. The van der Waals surface area contributed by atoms with Crippen molar-refractivity contribution in [3.05, 3.63) is 72.0 Å². The van der Waals surface area contributed by atoms with Gasteiger partial charge in [0.1, 0.15) is 24.2 Å². The fraction of sp³-hybridized carbons (Fsp3) is 0.296. The van der Waals surface area contributed by atoms with Gasteiger partial charge in [-0.3, -0.25) is 9.69 Å². The first-order valence-corrected chi connectivity index (χ1v) is 12.5. The molecule has 2 N–H and O–H groups in total. The maximum atomic E-state index is 13.7. The zero-order chi connectivity index (χ0) is 31.5. The summed E-state index contributed by atoms with van der Waals surface area (Å²) in [6.07, 6.45) is -5.90. The van der Waals surface area contributed by atoms with Crippen LogP contribution in [0.5, 0.6) is 0 Å². The number of amides is 2. The second kappa shape index (κ2) is 12.2. The molecule has 43 heavy (non-hydrogen) atoms. The number of nitrogens with one attached hydrogen (secondary N) is 1. The lowest BCUT2D eigenvalue weighted by molar-refractivity contribution is -0.119. The molecular weight excluding hydrogens is 583 g/mol. The van der Waals surface area contributed by atoms with Crippen molar-refractivity contribution < 1.29 is 45.8 Å². The molecule has 0 unspecified atom stereocenters. The number of aliphatic hydroxyl groups excluding tert-OH is 1. The Bertz CT molecular complexity index is 1590. The molecule has 0 aliphatic carbocycles. The quantitative estimate of drug-likeness (QED) is 0.236. The van der Waals surface area contributed by atoms with Crippen molar-refractivity contribution in [3.63, 3.8) is 0 Å². The van der Waals surface area contributed by atoms with Crippen molar-refractivity contribution in [2.75, 3.05) is 16.8 Å². The van der Waals surface area contributed by atoms with Crippen LogP contribution in [0.2, 0.25) is 0 Å². The molecule has 4 aromatic rings. The van der Waals surface area contributed by atoms with Crippen molar-refractivity contribution in [2.24, 2.45) is 0 Å². The van der Waals surface area contributed by atoms with Crippen molar-refractivity contribution in [2.45, 2.75) is 45.6 Å². The largest absolute Gasteiger partial charge is 0.444 e. The van der Waals surface area contributed by atoms with Crippen LogP contribution in [0.1, 0.15) is 48.9 Å². The van der Waals surface area contributed by atoms with Gasteiger partial charge in [-0.05, 0) is 50.6 Å². The molecular formula is C27H25F5N6O5. The first-order chi connectivity index (χ1) is 20.1. The molecule has 1 aromatic carbocycles. The smallest absolute Gasteiger partial charge is 0.416 e. The lowest BCUT2D eigenvalue weighted by Gasteiger charge is -2.27. The van der Waals surface area contributed by atoms with Gasteiger partial charge < -0.3 is 19.6 Å². The first kappa shape index (κ1) is 31.1. The molecule has 0 spiro atoms. The summed E-state index contributed by atoms with van der Waals surface area (Å²) in [5.74, 6) is -1.58. The van der Waals surface area contributed by atoms with Gasteiger partial charge in [0.25, 0.3) is 12.3 Å². The van der Waals surface area contributed by atoms with Gasteiger partial charge in [-0.25, -0.2) is 28.2 Å². The Balaban J connectivity index is 1.57. The van der Waals surface area contributed by atoms with E-state index < -0.39 is 48.3 Å². The average molecular weight is 609 g/mol. The van der Waals surface area contributed by atoms with Crippen LogP contribution in [-0.2, 0) is 11.3 Å². The SMILES string of the molecule is CC(C)(C)OC(=O)N(CC(F)(F)F)c1cc(-c2nc(C(=O)Nc3cn(-c4ccc(CO)cc4)nc3C(F)F)co2)ccn1. The summed E-state index contributed by atoms with van der Waals surface area (Å²) in [6, 6.07) is 8.65. The number of rotatable bonds is 8. The molecule has 0 bridgehead atoms. The summed E-state index contributed by atoms with van der Waals surface area (Å²) in [6.45, 7) is 2.57. The predicted molar refractivity (Wildman–Crippen MR) is 142 cm³/mol. The highest BCUT2D eigenvalue weighted by Crippen LogP contribution is 2.29. The molecule has 0 saturated carbocycles. The maximum absolute atomic E-state index is 13.7. The van der Waals surface area contributed by atoms with Crippen LogP contribution in [0.4, 0.5) is 38.3 Å². The van der Waals surface area contributed by atoms with Gasteiger partial charge in [0, 0.05) is 11.8 Å². The van der Waals surface area contributed by atoms with Crippen LogP contribution in [0, 0.1) is 0 Å². The second-order valence-electron chi connectivity index (χ2n) is 10.1. The molecule has 2 amide bonds. The third-order valence-electron chi connectivity index (χ3n) is 5.54. The standard InChI is InChI=1S/C27H25F5N6O5/c1-26(2,3)43-25(41)37(14-27(30,31)32)20-10-16(8-9-33-20)24-35-19(13-42-24)23(40)34-18-11-38(36-21(18)22(28)29)17-6-4-15(12-39)5-7-17/h4-11,13,22,39H,12,14H2,1-3H3,(H,34,40). The van der Waals surface area contributed by atoms with Crippen molar-refractivity contribution in [1.29, 1.82) is 0 Å². The Labute approximate surface area is 240 Å². The minimum absolute atomic E-state index is 0.0622. The van der Waals surface area contributed by atoms with E-state index in [1.165, 1.54) is 33.0 Å². The van der Waals surface area contributed by atoms with Gasteiger partial charge in [-0.1, -0.05) is 12.1 Å². The number of hydrogen-bond acceptors (Lipinski definition) is 8. The van der Waals surface area contributed by atoms with Crippen LogP contribution in [-0.4, -0.2) is 55.2 Å². The zero-order valence-electron chi connectivity index (χ0n) is 22.9. The maximum Gasteiger partial charge on any atom is 0.416 e.